The van der Waals surface area contributed by atoms with Crippen LogP contribution in [-0.4, -0.2) is 61.9 Å². The number of carbonyl (C=O) groups is 1. The molecule has 0 aromatic heterocycles. The van der Waals surface area contributed by atoms with Crippen LogP contribution in [0.2, 0.25) is 0 Å². The number of esters is 1. The Morgan fingerprint density at radius 1 is 1.38 bits per heavy atom. The molecule has 3 unspecified atom stereocenters. The summed E-state index contributed by atoms with van der Waals surface area (Å²) in [6.07, 6.45) is 3.03. The first-order valence-electron chi connectivity index (χ1n) is 7.99. The molecule has 0 amide bonds. The fourth-order valence-electron chi connectivity index (χ4n) is 2.70. The van der Waals surface area contributed by atoms with Crippen LogP contribution in [0.4, 0.5) is 0 Å². The van der Waals surface area contributed by atoms with Crippen molar-refractivity contribution in [3.8, 4) is 0 Å². The maximum absolute atomic E-state index is 12.4. The number of nitrogens with zero attached hydrogens (tertiary/aromatic N) is 1. The molecule has 124 valence electrons. The van der Waals surface area contributed by atoms with Crippen molar-refractivity contribution < 1.29 is 14.3 Å². The smallest absolute Gasteiger partial charge is 0.326 e. The third-order valence-electron chi connectivity index (χ3n) is 4.33. The second-order valence-corrected chi connectivity index (χ2v) is 6.49. The van der Waals surface area contributed by atoms with Crippen molar-refractivity contribution in [2.24, 2.45) is 0 Å². The third kappa shape index (κ3) is 5.57. The molecule has 0 spiro atoms. The number of likely N-dealkylation sites (N-methyl/N-ethyl adjacent to an activating group) is 1. The molecule has 5 nitrogen and oxygen atoms in total. The van der Waals surface area contributed by atoms with Crippen molar-refractivity contribution in [2.75, 3.05) is 27.4 Å². The Labute approximate surface area is 129 Å². The molecule has 1 aliphatic rings. The van der Waals surface area contributed by atoms with Crippen LogP contribution in [0.3, 0.4) is 0 Å². The van der Waals surface area contributed by atoms with Gasteiger partial charge in [-0.1, -0.05) is 0 Å². The summed E-state index contributed by atoms with van der Waals surface area (Å²) in [4.78, 5) is 14.6. The topological polar surface area (TPSA) is 50.8 Å². The molecular formula is C16H32N2O3. The van der Waals surface area contributed by atoms with E-state index < -0.39 is 5.54 Å². The number of nitrogens with one attached hydrogen (secondary N) is 1. The summed E-state index contributed by atoms with van der Waals surface area (Å²) in [5.74, 6) is -0.142. The van der Waals surface area contributed by atoms with Gasteiger partial charge in [-0.2, -0.15) is 0 Å². The number of hydrogen-bond donors (Lipinski definition) is 1. The van der Waals surface area contributed by atoms with E-state index in [1.165, 1.54) is 0 Å². The average molecular weight is 300 g/mol. The van der Waals surface area contributed by atoms with E-state index in [0.717, 1.165) is 19.3 Å². The van der Waals surface area contributed by atoms with Gasteiger partial charge in [0, 0.05) is 25.2 Å². The summed E-state index contributed by atoms with van der Waals surface area (Å²) in [6.45, 7) is 9.21. The first-order valence-corrected chi connectivity index (χ1v) is 7.99. The van der Waals surface area contributed by atoms with Crippen molar-refractivity contribution in [3.05, 3.63) is 0 Å². The van der Waals surface area contributed by atoms with Crippen molar-refractivity contribution in [3.63, 3.8) is 0 Å². The molecule has 21 heavy (non-hydrogen) atoms. The fourth-order valence-corrected chi connectivity index (χ4v) is 2.70. The SMILES string of the molecule is CCOC(=O)C(C)(CC(C)N(C)C(C)COC)NC1CC1. The summed E-state index contributed by atoms with van der Waals surface area (Å²) in [6, 6.07) is 1.04. The highest BCUT2D eigenvalue weighted by atomic mass is 16.5. The number of rotatable bonds is 10. The Morgan fingerprint density at radius 2 is 2.00 bits per heavy atom. The van der Waals surface area contributed by atoms with E-state index in [4.69, 9.17) is 9.47 Å². The summed E-state index contributed by atoms with van der Waals surface area (Å²) in [5, 5.41) is 3.48. The van der Waals surface area contributed by atoms with Gasteiger partial charge in [0.15, 0.2) is 0 Å². The molecule has 1 saturated carbocycles. The molecule has 1 aliphatic carbocycles. The average Bonchev–Trinajstić information content (AvgIpc) is 3.21. The lowest BCUT2D eigenvalue weighted by atomic mass is 9.92. The van der Waals surface area contributed by atoms with Crippen LogP contribution < -0.4 is 5.32 Å². The highest BCUT2D eigenvalue weighted by Crippen LogP contribution is 2.27. The molecule has 3 atom stereocenters. The molecule has 1 fully saturated rings. The molecule has 0 bridgehead atoms. The van der Waals surface area contributed by atoms with E-state index in [9.17, 15) is 4.79 Å². The molecule has 1 N–H and O–H groups in total. The number of methoxy groups -OCH3 is 1. The van der Waals surface area contributed by atoms with Crippen LogP contribution in [-0.2, 0) is 14.3 Å². The zero-order valence-corrected chi connectivity index (χ0v) is 14.4. The standard InChI is InChI=1S/C16H32N2O3/c1-7-21-15(19)16(4,17-14-8-9-14)10-12(2)18(5)13(3)11-20-6/h12-14,17H,7-11H2,1-6H3. The minimum absolute atomic E-state index is 0.142. The molecule has 0 aliphatic heterocycles. The minimum Gasteiger partial charge on any atom is -0.465 e. The van der Waals surface area contributed by atoms with Crippen molar-refractivity contribution in [2.45, 2.75) is 70.6 Å². The van der Waals surface area contributed by atoms with E-state index in [-0.39, 0.29) is 12.0 Å². The third-order valence-corrected chi connectivity index (χ3v) is 4.33. The van der Waals surface area contributed by atoms with E-state index >= 15 is 0 Å². The number of ether oxygens (including phenoxy) is 2. The van der Waals surface area contributed by atoms with Crippen LogP contribution in [0.25, 0.3) is 0 Å². The summed E-state index contributed by atoms with van der Waals surface area (Å²) >= 11 is 0. The Hall–Kier alpha value is -0.650. The second-order valence-electron chi connectivity index (χ2n) is 6.49. The summed E-state index contributed by atoms with van der Waals surface area (Å²) < 4.78 is 10.5. The monoisotopic (exact) mass is 300 g/mol. The lowest BCUT2D eigenvalue weighted by Gasteiger charge is -2.37. The number of hydrogen-bond acceptors (Lipinski definition) is 5. The zero-order valence-electron chi connectivity index (χ0n) is 14.4. The van der Waals surface area contributed by atoms with Gasteiger partial charge >= 0.3 is 5.97 Å². The van der Waals surface area contributed by atoms with Crippen LogP contribution in [0.5, 0.6) is 0 Å². The zero-order chi connectivity index (χ0) is 16.0. The van der Waals surface area contributed by atoms with Gasteiger partial charge in [0.25, 0.3) is 0 Å². The van der Waals surface area contributed by atoms with Crippen molar-refractivity contribution in [1.82, 2.24) is 10.2 Å². The Morgan fingerprint density at radius 3 is 2.48 bits per heavy atom. The van der Waals surface area contributed by atoms with Gasteiger partial charge in [0.2, 0.25) is 0 Å². The van der Waals surface area contributed by atoms with Gasteiger partial charge in [0.05, 0.1) is 13.2 Å². The van der Waals surface area contributed by atoms with Crippen LogP contribution in [0.15, 0.2) is 0 Å². The van der Waals surface area contributed by atoms with Crippen LogP contribution in [0.1, 0.15) is 47.0 Å². The van der Waals surface area contributed by atoms with Gasteiger partial charge in [-0.05, 0) is 54.0 Å². The van der Waals surface area contributed by atoms with E-state index in [2.05, 4.69) is 31.1 Å². The fraction of sp³-hybridized carbons (Fsp3) is 0.938. The van der Waals surface area contributed by atoms with Gasteiger partial charge < -0.3 is 9.47 Å². The van der Waals surface area contributed by atoms with Crippen LogP contribution >= 0.6 is 0 Å². The molecule has 0 saturated heterocycles. The van der Waals surface area contributed by atoms with Crippen molar-refractivity contribution in [1.29, 1.82) is 0 Å². The molecule has 1 rings (SSSR count). The summed E-state index contributed by atoms with van der Waals surface area (Å²) in [5.41, 5.74) is -0.613. The van der Waals surface area contributed by atoms with Crippen molar-refractivity contribution >= 4 is 5.97 Å². The first kappa shape index (κ1) is 18.4. The highest BCUT2D eigenvalue weighted by Gasteiger charge is 2.41. The number of carbonyl (C=O) groups excluding carboxylic acids is 1. The molecule has 0 heterocycles. The predicted molar refractivity (Wildman–Crippen MR) is 84.4 cm³/mol. The van der Waals surface area contributed by atoms with E-state index in [1.807, 2.05) is 13.8 Å². The highest BCUT2D eigenvalue weighted by molar-refractivity contribution is 5.80. The van der Waals surface area contributed by atoms with Gasteiger partial charge in [-0.15, -0.1) is 0 Å². The van der Waals surface area contributed by atoms with Crippen LogP contribution in [0, 0.1) is 0 Å². The maximum Gasteiger partial charge on any atom is 0.326 e. The molecule has 0 radical (unpaired) electrons. The first-order chi connectivity index (χ1) is 9.84. The van der Waals surface area contributed by atoms with E-state index in [1.54, 1.807) is 7.11 Å². The van der Waals surface area contributed by atoms with E-state index in [0.29, 0.717) is 25.3 Å². The quantitative estimate of drug-likeness (QED) is 0.624. The van der Waals surface area contributed by atoms with Gasteiger partial charge in [-0.3, -0.25) is 15.0 Å². The lowest BCUT2D eigenvalue weighted by Crippen LogP contribution is -2.55. The normalized spacial score (nSPS) is 20.9. The minimum atomic E-state index is -0.613. The molecule has 5 heteroatoms. The van der Waals surface area contributed by atoms with Gasteiger partial charge in [0.1, 0.15) is 5.54 Å². The second kappa shape index (κ2) is 8.11. The van der Waals surface area contributed by atoms with Gasteiger partial charge in [-0.25, -0.2) is 0 Å². The lowest BCUT2D eigenvalue weighted by molar-refractivity contribution is -0.151. The Balaban J connectivity index is 2.68. The summed E-state index contributed by atoms with van der Waals surface area (Å²) in [7, 11) is 3.80. The largest absolute Gasteiger partial charge is 0.465 e. The molecular weight excluding hydrogens is 268 g/mol. The predicted octanol–water partition coefficient (Wildman–Crippen LogP) is 1.81. The molecule has 0 aromatic carbocycles. The Bertz CT molecular complexity index is 333. The maximum atomic E-state index is 12.4. The Kier molecular flexibility index (Phi) is 7.10. The molecule has 0 aromatic rings.